The number of hydrogen-bond donors (Lipinski definition) is 0. The van der Waals surface area contributed by atoms with Crippen LogP contribution in [0.1, 0.15) is 52.5 Å². The van der Waals surface area contributed by atoms with Crippen LogP contribution in [-0.2, 0) is 9.22 Å². The number of hydrogen-bond acceptors (Lipinski definition) is 3. The fourth-order valence-corrected chi connectivity index (χ4v) is 5.45. The van der Waals surface area contributed by atoms with E-state index in [-0.39, 0.29) is 28.8 Å². The molecule has 0 aromatic heterocycles. The molecule has 2 rings (SSSR count). The van der Waals surface area contributed by atoms with Gasteiger partial charge in [-0.1, -0.05) is 57.2 Å². The summed E-state index contributed by atoms with van der Waals surface area (Å²) >= 11 is 3.59. The van der Waals surface area contributed by atoms with Crippen LogP contribution in [0.4, 0.5) is 0 Å². The second-order valence-corrected chi connectivity index (χ2v) is 15.3. The number of allylic oxidation sites excluding steroid dienone is 1. The van der Waals surface area contributed by atoms with Crippen LogP contribution >= 0.6 is 15.9 Å². The zero-order valence-electron chi connectivity index (χ0n) is 18.8. The fourth-order valence-electron chi connectivity index (χ4n) is 3.60. The number of para-hydroxylation sites is 1. The van der Waals surface area contributed by atoms with Crippen LogP contribution in [0.15, 0.2) is 47.0 Å². The first-order chi connectivity index (χ1) is 13.4. The average molecular weight is 480 g/mol. The van der Waals surface area contributed by atoms with Crippen LogP contribution < -0.4 is 4.74 Å². The molecule has 0 amide bonds. The topological polar surface area (TPSA) is 35.5 Å². The Kier molecular flexibility index (Phi) is 7.74. The van der Waals surface area contributed by atoms with Crippen molar-refractivity contribution in [3.63, 3.8) is 0 Å². The average Bonchev–Trinajstić information content (AvgIpc) is 2.86. The molecule has 1 aliphatic carbocycles. The molecule has 1 aromatic rings. The molecule has 0 heterocycles. The molecule has 0 bridgehead atoms. The molecule has 0 saturated heterocycles. The van der Waals surface area contributed by atoms with Crippen molar-refractivity contribution in [1.29, 1.82) is 0 Å². The number of Topliss-reactive ketones (excluding diaryl/α,β-unsaturated/α-hetero) is 1. The lowest BCUT2D eigenvalue weighted by atomic mass is 9.86. The van der Waals surface area contributed by atoms with E-state index in [0.717, 1.165) is 15.8 Å². The molecule has 3 nitrogen and oxygen atoms in total. The number of halogens is 1. The Bertz CT molecular complexity index is 788. The van der Waals surface area contributed by atoms with Gasteiger partial charge in [-0.15, -0.1) is 0 Å². The highest BCUT2D eigenvalue weighted by Gasteiger charge is 2.48. The summed E-state index contributed by atoms with van der Waals surface area (Å²) in [7, 11) is -2.00. The third kappa shape index (κ3) is 5.50. The lowest BCUT2D eigenvalue weighted by Crippen LogP contribution is -2.44. The third-order valence-electron chi connectivity index (χ3n) is 6.02. The minimum atomic E-state index is -2.00. The van der Waals surface area contributed by atoms with Gasteiger partial charge in [0.1, 0.15) is 18.1 Å². The summed E-state index contributed by atoms with van der Waals surface area (Å²) in [5, 5.41) is 0.0949. The highest BCUT2D eigenvalue weighted by atomic mass is 79.9. The quantitative estimate of drug-likeness (QED) is 0.311. The van der Waals surface area contributed by atoms with Gasteiger partial charge in [-0.3, -0.25) is 4.79 Å². The fraction of sp³-hybridized carbons (Fsp3) is 0.542. The van der Waals surface area contributed by atoms with E-state index in [9.17, 15) is 4.79 Å². The van der Waals surface area contributed by atoms with Gasteiger partial charge >= 0.3 is 0 Å². The molecule has 1 aliphatic rings. The largest absolute Gasteiger partial charge is 0.488 e. The summed E-state index contributed by atoms with van der Waals surface area (Å²) < 4.78 is 13.6. The van der Waals surface area contributed by atoms with Crippen molar-refractivity contribution < 1.29 is 14.0 Å². The summed E-state index contributed by atoms with van der Waals surface area (Å²) in [5.74, 6) is 0.683. The molecule has 0 spiro atoms. The second-order valence-electron chi connectivity index (χ2n) is 9.64. The Morgan fingerprint density at radius 3 is 2.52 bits per heavy atom. The Morgan fingerprint density at radius 1 is 1.31 bits per heavy atom. The van der Waals surface area contributed by atoms with Crippen molar-refractivity contribution in [2.75, 3.05) is 6.61 Å². The maximum atomic E-state index is 13.3. The molecule has 0 aliphatic heterocycles. The van der Waals surface area contributed by atoms with Crippen molar-refractivity contribution in [2.45, 2.75) is 71.2 Å². The molecule has 2 unspecified atom stereocenters. The predicted molar refractivity (Wildman–Crippen MR) is 127 cm³/mol. The monoisotopic (exact) mass is 478 g/mol. The standard InChI is InChI=1S/C24H35BrO3Si/c1-9-13-27-23-17(11-10-12-19(23)25)22-18(14-16(2)3)21(15-20(22)26)28-29(7,8)24(4,5)6/h9-12,14,18,21-22H,1,13,15H2,2-8H3/t18-,21?,22?/m0/s1. The number of ether oxygens (including phenoxy) is 1. The molecule has 1 aromatic carbocycles. The Labute approximate surface area is 185 Å². The van der Waals surface area contributed by atoms with Gasteiger partial charge in [0.05, 0.1) is 16.5 Å². The predicted octanol–water partition coefficient (Wildman–Crippen LogP) is 7.04. The third-order valence-corrected chi connectivity index (χ3v) is 11.1. The van der Waals surface area contributed by atoms with E-state index in [2.05, 4.69) is 76.3 Å². The first-order valence-corrected chi connectivity index (χ1v) is 14.0. The summed E-state index contributed by atoms with van der Waals surface area (Å²) in [5.41, 5.74) is 2.12. The molecule has 5 heteroatoms. The molecule has 1 fully saturated rings. The number of benzene rings is 1. The number of ketones is 1. The maximum Gasteiger partial charge on any atom is 0.192 e. The van der Waals surface area contributed by atoms with E-state index in [1.54, 1.807) is 6.08 Å². The maximum absolute atomic E-state index is 13.3. The lowest BCUT2D eigenvalue weighted by molar-refractivity contribution is -0.119. The van der Waals surface area contributed by atoms with Crippen LogP contribution in [-0.4, -0.2) is 26.8 Å². The Hall–Kier alpha value is -1.17. The number of carbonyl (C=O) groups excluding carboxylic acids is 1. The Balaban J connectivity index is 2.50. The van der Waals surface area contributed by atoms with Gasteiger partial charge in [-0.25, -0.2) is 0 Å². The highest BCUT2D eigenvalue weighted by molar-refractivity contribution is 9.10. The van der Waals surface area contributed by atoms with E-state index < -0.39 is 8.32 Å². The molecule has 1 saturated carbocycles. The zero-order valence-corrected chi connectivity index (χ0v) is 21.4. The molecule has 0 radical (unpaired) electrons. The van der Waals surface area contributed by atoms with Crippen molar-refractivity contribution in [3.8, 4) is 5.75 Å². The van der Waals surface area contributed by atoms with E-state index in [1.165, 1.54) is 5.57 Å². The van der Waals surface area contributed by atoms with Crippen molar-refractivity contribution in [2.24, 2.45) is 5.92 Å². The summed E-state index contributed by atoms with van der Waals surface area (Å²) in [4.78, 5) is 13.3. The number of carbonyl (C=O) groups is 1. The van der Waals surface area contributed by atoms with Gasteiger partial charge in [0.15, 0.2) is 8.32 Å². The number of rotatable bonds is 7. The van der Waals surface area contributed by atoms with Crippen LogP contribution in [0.2, 0.25) is 18.1 Å². The van der Waals surface area contributed by atoms with E-state index in [4.69, 9.17) is 9.16 Å². The molecular formula is C24H35BrO3Si. The molecular weight excluding hydrogens is 444 g/mol. The van der Waals surface area contributed by atoms with Crippen molar-refractivity contribution >= 4 is 30.0 Å². The van der Waals surface area contributed by atoms with Crippen LogP contribution in [0.3, 0.4) is 0 Å². The second kappa shape index (κ2) is 9.32. The summed E-state index contributed by atoms with van der Waals surface area (Å²) in [6.45, 7) is 19.5. The van der Waals surface area contributed by atoms with Crippen LogP contribution in [0.25, 0.3) is 0 Å². The molecule has 3 atom stereocenters. The van der Waals surface area contributed by atoms with E-state index in [0.29, 0.717) is 13.0 Å². The Morgan fingerprint density at radius 2 is 1.97 bits per heavy atom. The van der Waals surface area contributed by atoms with Crippen molar-refractivity contribution in [3.05, 3.63) is 52.5 Å². The van der Waals surface area contributed by atoms with Gasteiger partial charge in [-0.2, -0.15) is 0 Å². The minimum absolute atomic E-state index is 0.00186. The molecule has 0 N–H and O–H groups in total. The SMILES string of the molecule is C=CCOc1c(Br)cccc1C1C(=O)CC(O[Si](C)(C)C(C)(C)C)[C@@H]1C=C(C)C. The van der Waals surface area contributed by atoms with Crippen LogP contribution in [0.5, 0.6) is 5.75 Å². The zero-order chi connectivity index (χ0) is 22.0. The van der Waals surface area contributed by atoms with Gasteiger partial charge < -0.3 is 9.16 Å². The van der Waals surface area contributed by atoms with Gasteiger partial charge in [-0.05, 0) is 54.0 Å². The minimum Gasteiger partial charge on any atom is -0.488 e. The normalized spacial score (nSPS) is 22.5. The van der Waals surface area contributed by atoms with Crippen molar-refractivity contribution in [1.82, 2.24) is 0 Å². The van der Waals surface area contributed by atoms with Gasteiger partial charge in [0, 0.05) is 17.9 Å². The van der Waals surface area contributed by atoms with E-state index >= 15 is 0 Å². The first-order valence-electron chi connectivity index (χ1n) is 10.3. The smallest absolute Gasteiger partial charge is 0.192 e. The van der Waals surface area contributed by atoms with Crippen LogP contribution in [0, 0.1) is 5.92 Å². The van der Waals surface area contributed by atoms with Gasteiger partial charge in [0.25, 0.3) is 0 Å². The molecule has 160 valence electrons. The summed E-state index contributed by atoms with van der Waals surface area (Å²) in [6, 6.07) is 5.92. The highest BCUT2D eigenvalue weighted by Crippen LogP contribution is 2.48. The van der Waals surface area contributed by atoms with E-state index in [1.807, 2.05) is 18.2 Å². The summed E-state index contributed by atoms with van der Waals surface area (Å²) in [6.07, 6.45) is 4.27. The molecule has 29 heavy (non-hydrogen) atoms. The first kappa shape index (κ1) is 24.1. The lowest BCUT2D eigenvalue weighted by Gasteiger charge is -2.39. The van der Waals surface area contributed by atoms with Gasteiger partial charge in [0.2, 0.25) is 0 Å².